The maximum atomic E-state index is 14.2. The van der Waals surface area contributed by atoms with Gasteiger partial charge in [0.2, 0.25) is 0 Å². The van der Waals surface area contributed by atoms with Crippen molar-refractivity contribution in [3.63, 3.8) is 0 Å². The van der Waals surface area contributed by atoms with E-state index in [9.17, 15) is 17.6 Å². The molecule has 1 amide bonds. The van der Waals surface area contributed by atoms with Gasteiger partial charge < -0.3 is 18.6 Å². The average molecular weight is 437 g/mol. The Bertz CT molecular complexity index is 1000. The van der Waals surface area contributed by atoms with Gasteiger partial charge in [-0.3, -0.25) is 4.79 Å². The molecule has 0 saturated carbocycles. The highest BCUT2D eigenvalue weighted by atomic mass is 32.2. The molecule has 2 aromatic carbocycles. The SMILES string of the molecule is COc1ccc(CN(C[C@@H]2CCCO2)C(=O)c2ccccc2F)cc1OS(C)(=O)=O. The number of amides is 1. The molecule has 162 valence electrons. The number of nitrogens with zero attached hydrogens (tertiary/aromatic N) is 1. The predicted octanol–water partition coefficient (Wildman–Crippen LogP) is 2.99. The summed E-state index contributed by atoms with van der Waals surface area (Å²) in [5.74, 6) is -0.802. The van der Waals surface area contributed by atoms with Crippen LogP contribution in [0.2, 0.25) is 0 Å². The Balaban J connectivity index is 1.89. The molecule has 1 heterocycles. The molecule has 0 spiro atoms. The summed E-state index contributed by atoms with van der Waals surface area (Å²) >= 11 is 0. The highest BCUT2D eigenvalue weighted by Crippen LogP contribution is 2.30. The van der Waals surface area contributed by atoms with Gasteiger partial charge in [-0.1, -0.05) is 18.2 Å². The van der Waals surface area contributed by atoms with Gasteiger partial charge in [0.05, 0.1) is 25.0 Å². The van der Waals surface area contributed by atoms with E-state index in [2.05, 4.69) is 0 Å². The van der Waals surface area contributed by atoms with Gasteiger partial charge in [0.25, 0.3) is 5.91 Å². The van der Waals surface area contributed by atoms with E-state index in [0.29, 0.717) is 18.7 Å². The van der Waals surface area contributed by atoms with Crippen molar-refractivity contribution >= 4 is 16.0 Å². The number of hydrogen-bond donors (Lipinski definition) is 0. The molecule has 1 aliphatic heterocycles. The van der Waals surface area contributed by atoms with E-state index in [4.69, 9.17) is 13.7 Å². The van der Waals surface area contributed by atoms with Crippen LogP contribution >= 0.6 is 0 Å². The van der Waals surface area contributed by atoms with Gasteiger partial charge in [0.15, 0.2) is 11.5 Å². The molecule has 1 saturated heterocycles. The largest absolute Gasteiger partial charge is 0.493 e. The third kappa shape index (κ3) is 5.70. The van der Waals surface area contributed by atoms with Gasteiger partial charge in [0.1, 0.15) is 5.82 Å². The van der Waals surface area contributed by atoms with Gasteiger partial charge in [0, 0.05) is 19.7 Å². The molecule has 7 nitrogen and oxygen atoms in total. The van der Waals surface area contributed by atoms with E-state index >= 15 is 0 Å². The highest BCUT2D eigenvalue weighted by molar-refractivity contribution is 7.86. The quantitative estimate of drug-likeness (QED) is 0.591. The molecule has 0 unspecified atom stereocenters. The standard InChI is InChI=1S/C21H24FNO6S/c1-27-19-10-9-15(12-20(19)29-30(2,25)26)13-23(14-16-6-5-11-28-16)21(24)17-7-3-4-8-18(17)22/h3-4,7-10,12,16H,5-6,11,13-14H2,1-2H3/t16-/m0/s1. The first-order valence-electron chi connectivity index (χ1n) is 9.48. The van der Waals surface area contributed by atoms with Crippen LogP contribution in [0.15, 0.2) is 42.5 Å². The first kappa shape index (κ1) is 22.0. The summed E-state index contributed by atoms with van der Waals surface area (Å²) in [6, 6.07) is 10.6. The number of methoxy groups -OCH3 is 1. The average Bonchev–Trinajstić information content (AvgIpc) is 3.19. The van der Waals surface area contributed by atoms with Gasteiger partial charge >= 0.3 is 10.1 Å². The topological polar surface area (TPSA) is 82.1 Å². The van der Waals surface area contributed by atoms with Crippen molar-refractivity contribution in [3.05, 3.63) is 59.4 Å². The first-order chi connectivity index (χ1) is 14.3. The lowest BCUT2D eigenvalue weighted by molar-refractivity contribution is 0.0503. The minimum atomic E-state index is -3.77. The fourth-order valence-electron chi connectivity index (χ4n) is 3.33. The van der Waals surface area contributed by atoms with E-state index in [-0.39, 0.29) is 29.7 Å². The molecule has 9 heteroatoms. The molecular formula is C21H24FNO6S. The number of rotatable bonds is 8. The van der Waals surface area contributed by atoms with Crippen molar-refractivity contribution in [1.82, 2.24) is 4.90 Å². The smallest absolute Gasteiger partial charge is 0.306 e. The molecule has 0 bridgehead atoms. The summed E-state index contributed by atoms with van der Waals surface area (Å²) in [6.07, 6.45) is 2.52. The Morgan fingerprint density at radius 2 is 2.00 bits per heavy atom. The zero-order chi connectivity index (χ0) is 21.7. The van der Waals surface area contributed by atoms with Gasteiger partial charge in [-0.05, 0) is 42.7 Å². The molecule has 0 N–H and O–H groups in total. The number of hydrogen-bond acceptors (Lipinski definition) is 6. The Morgan fingerprint density at radius 3 is 2.63 bits per heavy atom. The van der Waals surface area contributed by atoms with Crippen molar-refractivity contribution in [2.45, 2.75) is 25.5 Å². The second-order valence-corrected chi connectivity index (χ2v) is 8.65. The molecule has 3 rings (SSSR count). The number of carbonyl (C=O) groups is 1. The Morgan fingerprint density at radius 1 is 1.23 bits per heavy atom. The third-order valence-corrected chi connectivity index (χ3v) is 5.16. The van der Waals surface area contributed by atoms with Crippen LogP contribution in [0.25, 0.3) is 0 Å². The summed E-state index contributed by atoms with van der Waals surface area (Å²) in [5, 5.41) is 0. The summed E-state index contributed by atoms with van der Waals surface area (Å²) < 4.78 is 53.2. The van der Waals surface area contributed by atoms with Crippen LogP contribution in [0.5, 0.6) is 11.5 Å². The molecule has 0 aliphatic carbocycles. The normalized spacial score (nSPS) is 16.3. The summed E-state index contributed by atoms with van der Waals surface area (Å²) in [7, 11) is -2.37. The number of benzene rings is 2. The Kier molecular flexibility index (Phi) is 6.94. The fraction of sp³-hybridized carbons (Fsp3) is 0.381. The zero-order valence-corrected chi connectivity index (χ0v) is 17.7. The lowest BCUT2D eigenvalue weighted by Gasteiger charge is -2.26. The molecule has 30 heavy (non-hydrogen) atoms. The molecule has 0 aromatic heterocycles. The van der Waals surface area contributed by atoms with Crippen molar-refractivity contribution in [3.8, 4) is 11.5 Å². The van der Waals surface area contributed by atoms with Gasteiger partial charge in [-0.15, -0.1) is 0 Å². The number of ether oxygens (including phenoxy) is 2. The monoisotopic (exact) mass is 437 g/mol. The van der Waals surface area contributed by atoms with Crippen LogP contribution in [0.3, 0.4) is 0 Å². The lowest BCUT2D eigenvalue weighted by Crippen LogP contribution is -2.37. The van der Waals surface area contributed by atoms with Crippen LogP contribution in [-0.4, -0.2) is 51.8 Å². The van der Waals surface area contributed by atoms with E-state index in [1.807, 2.05) is 0 Å². The van der Waals surface area contributed by atoms with Crippen LogP contribution in [0, 0.1) is 5.82 Å². The second kappa shape index (κ2) is 9.44. The minimum absolute atomic E-state index is 0.0212. The minimum Gasteiger partial charge on any atom is -0.493 e. The first-order valence-corrected chi connectivity index (χ1v) is 11.3. The van der Waals surface area contributed by atoms with Crippen LogP contribution in [0.1, 0.15) is 28.8 Å². The maximum absolute atomic E-state index is 14.2. The maximum Gasteiger partial charge on any atom is 0.306 e. The molecule has 0 radical (unpaired) electrons. The summed E-state index contributed by atoms with van der Waals surface area (Å²) in [4.78, 5) is 14.6. The zero-order valence-electron chi connectivity index (χ0n) is 16.8. The van der Waals surface area contributed by atoms with Crippen LogP contribution in [-0.2, 0) is 21.4 Å². The van der Waals surface area contributed by atoms with Crippen molar-refractivity contribution in [2.75, 3.05) is 26.5 Å². The summed E-state index contributed by atoms with van der Waals surface area (Å²) in [6.45, 7) is 1.04. The predicted molar refractivity (Wildman–Crippen MR) is 109 cm³/mol. The van der Waals surface area contributed by atoms with E-state index in [0.717, 1.165) is 19.1 Å². The Hall–Kier alpha value is -2.65. The van der Waals surface area contributed by atoms with E-state index in [1.165, 1.54) is 36.3 Å². The van der Waals surface area contributed by atoms with Gasteiger partial charge in [-0.25, -0.2) is 4.39 Å². The van der Waals surface area contributed by atoms with Crippen molar-refractivity contribution in [1.29, 1.82) is 0 Å². The lowest BCUT2D eigenvalue weighted by atomic mass is 10.1. The van der Waals surface area contributed by atoms with E-state index < -0.39 is 21.8 Å². The molecule has 2 aromatic rings. The molecule has 1 aliphatic rings. The second-order valence-electron chi connectivity index (χ2n) is 7.07. The third-order valence-electron chi connectivity index (χ3n) is 4.68. The number of halogens is 1. The molecule has 1 atom stereocenters. The fourth-order valence-corrected chi connectivity index (χ4v) is 3.78. The Labute approximate surface area is 175 Å². The molecular weight excluding hydrogens is 413 g/mol. The van der Waals surface area contributed by atoms with Crippen molar-refractivity contribution < 1.29 is 31.3 Å². The van der Waals surface area contributed by atoms with Crippen LogP contribution in [0.4, 0.5) is 4.39 Å². The number of carbonyl (C=O) groups excluding carboxylic acids is 1. The van der Waals surface area contributed by atoms with E-state index in [1.54, 1.807) is 18.2 Å². The molecule has 1 fully saturated rings. The van der Waals surface area contributed by atoms with Gasteiger partial charge in [-0.2, -0.15) is 8.42 Å². The highest BCUT2D eigenvalue weighted by Gasteiger charge is 2.25. The van der Waals surface area contributed by atoms with Crippen molar-refractivity contribution in [2.24, 2.45) is 0 Å². The summed E-state index contributed by atoms with van der Waals surface area (Å²) in [5.41, 5.74) is 0.578. The van der Waals surface area contributed by atoms with Crippen LogP contribution < -0.4 is 8.92 Å².